The van der Waals surface area contributed by atoms with E-state index >= 15 is 0 Å². The van der Waals surface area contributed by atoms with Gasteiger partial charge in [0.1, 0.15) is 5.75 Å². The van der Waals surface area contributed by atoms with Crippen LogP contribution in [0.4, 0.5) is 4.39 Å². The highest BCUT2D eigenvalue weighted by Crippen LogP contribution is 2.25. The predicted molar refractivity (Wildman–Crippen MR) is 70.4 cm³/mol. The number of benzene rings is 2. The van der Waals surface area contributed by atoms with Crippen LogP contribution in [0.1, 0.15) is 11.1 Å². The second kappa shape index (κ2) is 5.98. The Balaban J connectivity index is 2.21. The second-order valence-corrected chi connectivity index (χ2v) is 4.04. The predicted octanol–water partition coefficient (Wildman–Crippen LogP) is 3.21. The van der Waals surface area contributed by atoms with Crippen molar-refractivity contribution in [1.82, 2.24) is 5.32 Å². The first kappa shape index (κ1) is 13.1. The summed E-state index contributed by atoms with van der Waals surface area (Å²) in [5, 5.41) is 11.7. The molecule has 2 rings (SSSR count). The highest BCUT2D eigenvalue weighted by Gasteiger charge is 2.06. The van der Waals surface area contributed by atoms with Gasteiger partial charge >= 0.3 is 0 Å². The molecule has 0 radical (unpaired) electrons. The van der Waals surface area contributed by atoms with Gasteiger partial charge in [0, 0.05) is 6.54 Å². The van der Waals surface area contributed by atoms with Gasteiger partial charge in [-0.25, -0.2) is 4.39 Å². The molecule has 0 aliphatic rings. The Morgan fingerprint density at radius 3 is 2.79 bits per heavy atom. The quantitative estimate of drug-likeness (QED) is 0.913. The molecule has 0 saturated carbocycles. The smallest absolute Gasteiger partial charge is 0.167 e. The minimum atomic E-state index is -0.543. The maximum absolute atomic E-state index is 13.7. The van der Waals surface area contributed by atoms with E-state index in [1.54, 1.807) is 6.07 Å². The van der Waals surface area contributed by atoms with E-state index in [1.807, 2.05) is 31.3 Å². The molecule has 0 aliphatic heterocycles. The lowest BCUT2D eigenvalue weighted by Crippen LogP contribution is -2.04. The van der Waals surface area contributed by atoms with Gasteiger partial charge in [0.05, 0.1) is 11.6 Å². The number of ether oxygens (including phenoxy) is 1. The van der Waals surface area contributed by atoms with Gasteiger partial charge in [-0.3, -0.25) is 0 Å². The van der Waals surface area contributed by atoms with Gasteiger partial charge in [-0.05, 0) is 42.9 Å². The van der Waals surface area contributed by atoms with Gasteiger partial charge in [0.25, 0.3) is 0 Å². The fraction of sp³-hybridized carbons (Fsp3) is 0.133. The van der Waals surface area contributed by atoms with Gasteiger partial charge in [-0.1, -0.05) is 12.1 Å². The molecule has 0 saturated heterocycles. The van der Waals surface area contributed by atoms with E-state index in [4.69, 9.17) is 10.00 Å². The zero-order chi connectivity index (χ0) is 13.7. The molecular formula is C15H13FN2O. The van der Waals surface area contributed by atoms with Crippen molar-refractivity contribution in [3.63, 3.8) is 0 Å². The molecule has 96 valence electrons. The first-order valence-electron chi connectivity index (χ1n) is 5.84. The van der Waals surface area contributed by atoms with Crippen molar-refractivity contribution >= 4 is 0 Å². The van der Waals surface area contributed by atoms with Crippen molar-refractivity contribution in [2.75, 3.05) is 7.05 Å². The van der Waals surface area contributed by atoms with Crippen LogP contribution in [0, 0.1) is 17.1 Å². The van der Waals surface area contributed by atoms with Gasteiger partial charge in [0.2, 0.25) is 0 Å². The average Bonchev–Trinajstić information content (AvgIpc) is 2.42. The lowest BCUT2D eigenvalue weighted by molar-refractivity contribution is 0.441. The maximum atomic E-state index is 13.7. The Hall–Kier alpha value is -2.38. The van der Waals surface area contributed by atoms with E-state index in [2.05, 4.69) is 5.32 Å². The zero-order valence-corrected chi connectivity index (χ0v) is 10.5. The first-order chi connectivity index (χ1) is 9.22. The van der Waals surface area contributed by atoms with E-state index < -0.39 is 5.82 Å². The third-order valence-electron chi connectivity index (χ3n) is 2.57. The lowest BCUT2D eigenvalue weighted by atomic mass is 10.2. The number of nitrogens with zero attached hydrogens (tertiary/aromatic N) is 1. The van der Waals surface area contributed by atoms with E-state index in [1.165, 1.54) is 12.1 Å². The van der Waals surface area contributed by atoms with E-state index in [9.17, 15) is 4.39 Å². The van der Waals surface area contributed by atoms with Gasteiger partial charge in [0.15, 0.2) is 11.6 Å². The van der Waals surface area contributed by atoms with Crippen LogP contribution in [0.5, 0.6) is 11.5 Å². The van der Waals surface area contributed by atoms with Crippen LogP contribution in [-0.2, 0) is 6.54 Å². The van der Waals surface area contributed by atoms with Crippen LogP contribution >= 0.6 is 0 Å². The fourth-order valence-electron chi connectivity index (χ4n) is 1.70. The Morgan fingerprint density at radius 1 is 1.26 bits per heavy atom. The van der Waals surface area contributed by atoms with Crippen molar-refractivity contribution < 1.29 is 9.13 Å². The normalized spacial score (nSPS) is 9.95. The standard InChI is InChI=1S/C15H13FN2O/c1-18-10-12-3-2-4-13(7-12)19-15-6-5-11(9-17)8-14(15)16/h2-8,18H,10H2,1H3. The Labute approximate surface area is 111 Å². The molecule has 0 aromatic heterocycles. The summed E-state index contributed by atoms with van der Waals surface area (Å²) in [7, 11) is 1.85. The Bertz CT molecular complexity index is 620. The number of hydrogen-bond acceptors (Lipinski definition) is 3. The molecule has 0 bridgehead atoms. The van der Waals surface area contributed by atoms with Gasteiger partial charge in [-0.2, -0.15) is 5.26 Å². The molecule has 0 spiro atoms. The van der Waals surface area contributed by atoms with Crippen molar-refractivity contribution in [1.29, 1.82) is 5.26 Å². The Morgan fingerprint density at radius 2 is 2.11 bits per heavy atom. The SMILES string of the molecule is CNCc1cccc(Oc2ccc(C#N)cc2F)c1. The van der Waals surface area contributed by atoms with Crippen molar-refractivity contribution in [2.45, 2.75) is 6.54 Å². The van der Waals surface area contributed by atoms with Gasteiger partial charge in [-0.15, -0.1) is 0 Å². The highest BCUT2D eigenvalue weighted by atomic mass is 19.1. The third kappa shape index (κ3) is 3.30. The van der Waals surface area contributed by atoms with Crippen molar-refractivity contribution in [2.24, 2.45) is 0 Å². The number of nitrogens with one attached hydrogen (secondary N) is 1. The summed E-state index contributed by atoms with van der Waals surface area (Å²) in [5.74, 6) is 0.134. The molecule has 3 nitrogen and oxygen atoms in total. The topological polar surface area (TPSA) is 45.0 Å². The zero-order valence-electron chi connectivity index (χ0n) is 10.5. The van der Waals surface area contributed by atoms with Crippen LogP contribution in [0.25, 0.3) is 0 Å². The van der Waals surface area contributed by atoms with Crippen LogP contribution in [0.3, 0.4) is 0 Å². The average molecular weight is 256 g/mol. The van der Waals surface area contributed by atoms with Crippen LogP contribution < -0.4 is 10.1 Å². The molecule has 0 heterocycles. The summed E-state index contributed by atoms with van der Waals surface area (Å²) in [4.78, 5) is 0. The monoisotopic (exact) mass is 256 g/mol. The third-order valence-corrected chi connectivity index (χ3v) is 2.57. The van der Waals surface area contributed by atoms with Crippen LogP contribution in [0.15, 0.2) is 42.5 Å². The number of hydrogen-bond donors (Lipinski definition) is 1. The van der Waals surface area contributed by atoms with Crippen molar-refractivity contribution in [3.05, 3.63) is 59.4 Å². The summed E-state index contributed by atoms with van der Waals surface area (Å²) in [5.41, 5.74) is 1.32. The highest BCUT2D eigenvalue weighted by molar-refractivity contribution is 5.39. The van der Waals surface area contributed by atoms with E-state index in [0.29, 0.717) is 12.3 Å². The summed E-state index contributed by atoms with van der Waals surface area (Å²) >= 11 is 0. The molecule has 0 unspecified atom stereocenters. The minimum Gasteiger partial charge on any atom is -0.454 e. The van der Waals surface area contributed by atoms with E-state index in [0.717, 1.165) is 11.6 Å². The Kier molecular flexibility index (Phi) is 4.11. The molecule has 2 aromatic rings. The number of rotatable bonds is 4. The molecule has 0 fully saturated rings. The molecule has 19 heavy (non-hydrogen) atoms. The summed E-state index contributed by atoms with van der Waals surface area (Å²) in [6, 6.07) is 13.4. The number of halogens is 1. The summed E-state index contributed by atoms with van der Waals surface area (Å²) in [6.45, 7) is 0.715. The van der Waals surface area contributed by atoms with Crippen LogP contribution in [0.2, 0.25) is 0 Å². The molecule has 4 heteroatoms. The largest absolute Gasteiger partial charge is 0.454 e. The fourth-order valence-corrected chi connectivity index (χ4v) is 1.70. The minimum absolute atomic E-state index is 0.112. The molecule has 2 aromatic carbocycles. The second-order valence-electron chi connectivity index (χ2n) is 4.04. The molecule has 1 N–H and O–H groups in total. The van der Waals surface area contributed by atoms with E-state index in [-0.39, 0.29) is 11.3 Å². The summed E-state index contributed by atoms with van der Waals surface area (Å²) < 4.78 is 19.2. The molecule has 0 aliphatic carbocycles. The van der Waals surface area contributed by atoms with Gasteiger partial charge < -0.3 is 10.1 Å². The summed E-state index contributed by atoms with van der Waals surface area (Å²) in [6.07, 6.45) is 0. The molecular weight excluding hydrogens is 243 g/mol. The lowest BCUT2D eigenvalue weighted by Gasteiger charge is -2.08. The van der Waals surface area contributed by atoms with Crippen LogP contribution in [-0.4, -0.2) is 7.05 Å². The van der Waals surface area contributed by atoms with Crippen molar-refractivity contribution in [3.8, 4) is 17.6 Å². The maximum Gasteiger partial charge on any atom is 0.167 e. The molecule has 0 atom stereocenters. The molecule has 0 amide bonds. The number of nitriles is 1. The first-order valence-corrected chi connectivity index (χ1v) is 5.84.